The van der Waals surface area contributed by atoms with Crippen molar-refractivity contribution in [2.45, 2.75) is 10.8 Å². The van der Waals surface area contributed by atoms with Crippen molar-refractivity contribution in [1.82, 2.24) is 15.1 Å². The van der Waals surface area contributed by atoms with E-state index in [-0.39, 0.29) is 11.4 Å². The van der Waals surface area contributed by atoms with Crippen molar-refractivity contribution in [2.24, 2.45) is 0 Å². The zero-order chi connectivity index (χ0) is 25.0. The van der Waals surface area contributed by atoms with E-state index in [1.807, 2.05) is 65.4 Å². The fourth-order valence-corrected chi connectivity index (χ4v) is 4.98. The van der Waals surface area contributed by atoms with E-state index in [4.69, 9.17) is 5.21 Å². The molecular formula is C25H22FN3O5S. The summed E-state index contributed by atoms with van der Waals surface area (Å²) in [4.78, 5) is 25.8. The van der Waals surface area contributed by atoms with Crippen molar-refractivity contribution in [3.8, 4) is 0 Å². The van der Waals surface area contributed by atoms with Gasteiger partial charge in [0.15, 0.2) is 0 Å². The van der Waals surface area contributed by atoms with Gasteiger partial charge in [-0.2, -0.15) is 0 Å². The second-order valence-corrected chi connectivity index (χ2v) is 9.61. The quantitative estimate of drug-likeness (QED) is 0.358. The number of carbonyl (C=O) groups is 2. The molecule has 0 fully saturated rings. The Labute approximate surface area is 201 Å². The monoisotopic (exact) mass is 495 g/mol. The Hall–Kier alpha value is -4.02. The zero-order valence-electron chi connectivity index (χ0n) is 18.4. The summed E-state index contributed by atoms with van der Waals surface area (Å²) in [7, 11) is -4.35. The van der Waals surface area contributed by atoms with Crippen molar-refractivity contribution in [3.63, 3.8) is 0 Å². The van der Waals surface area contributed by atoms with E-state index in [1.165, 1.54) is 5.48 Å². The molecule has 0 saturated heterocycles. The second kappa shape index (κ2) is 10.1. The molecule has 0 radical (unpaired) electrons. The molecular weight excluding hydrogens is 473 g/mol. The van der Waals surface area contributed by atoms with Gasteiger partial charge in [-0.15, -0.1) is 0 Å². The highest BCUT2D eigenvalue weighted by Crippen LogP contribution is 2.35. The first-order chi connectivity index (χ1) is 16.8. The first-order valence-corrected chi connectivity index (χ1v) is 12.1. The molecule has 0 aliphatic heterocycles. The molecule has 10 heteroatoms. The van der Waals surface area contributed by atoms with E-state index in [1.54, 1.807) is 0 Å². The highest BCUT2D eigenvalue weighted by molar-refractivity contribution is 7.90. The number of nitrogens with one attached hydrogen (secondary N) is 2. The van der Waals surface area contributed by atoms with Crippen LogP contribution in [0.25, 0.3) is 12.2 Å². The molecule has 35 heavy (non-hydrogen) atoms. The predicted octanol–water partition coefficient (Wildman–Crippen LogP) is 3.35. The fraction of sp³-hybridized carbons (Fsp3) is 0.120. The average molecular weight is 496 g/mol. The minimum absolute atomic E-state index is 0.0616. The number of fused-ring (bicyclic) bond motifs is 2. The Bertz CT molecular complexity index is 1340. The average Bonchev–Trinajstić information content (AvgIpc) is 3.00. The lowest BCUT2D eigenvalue weighted by Crippen LogP contribution is -2.48. The number of urea groups is 1. The van der Waals surface area contributed by atoms with Gasteiger partial charge in [-0.3, -0.25) is 10.0 Å². The van der Waals surface area contributed by atoms with Gasteiger partial charge in [-0.05, 0) is 46.5 Å². The van der Waals surface area contributed by atoms with Gasteiger partial charge < -0.3 is 4.90 Å². The Morgan fingerprint density at radius 1 is 0.886 bits per heavy atom. The number of carbonyl (C=O) groups excluding carboxylic acids is 2. The number of hydroxylamine groups is 1. The molecule has 8 nitrogen and oxygen atoms in total. The molecule has 0 unspecified atom stereocenters. The second-order valence-electron chi connectivity index (χ2n) is 7.92. The molecule has 180 valence electrons. The number of sulfonamides is 1. The standard InChI is InChI=1S/C25H22FN3O5S/c26-19-11-13-20(14-12-19)35(33,34)28-25(31)29(16-24(30)27-32)15-23-21-7-3-1-5-17(21)9-10-18-6-2-4-8-22(18)23/h1-14,23,32H,15-16H2,(H,27,30)(H,28,31). The summed E-state index contributed by atoms with van der Waals surface area (Å²) in [6.45, 7) is -0.663. The van der Waals surface area contributed by atoms with E-state index < -0.39 is 40.2 Å². The van der Waals surface area contributed by atoms with Gasteiger partial charge in [0.25, 0.3) is 15.9 Å². The molecule has 0 heterocycles. The zero-order valence-corrected chi connectivity index (χ0v) is 19.2. The smallest absolute Gasteiger partial charge is 0.314 e. The van der Waals surface area contributed by atoms with Crippen LogP contribution in [-0.2, 0) is 14.8 Å². The van der Waals surface area contributed by atoms with Gasteiger partial charge in [0.05, 0.1) is 4.90 Å². The third-order valence-electron chi connectivity index (χ3n) is 5.68. The van der Waals surface area contributed by atoms with Crippen LogP contribution in [0.15, 0.2) is 77.7 Å². The third-order valence-corrected chi connectivity index (χ3v) is 7.02. The lowest BCUT2D eigenvalue weighted by atomic mass is 9.87. The van der Waals surface area contributed by atoms with Crippen LogP contribution in [0.3, 0.4) is 0 Å². The summed E-state index contributed by atoms with van der Waals surface area (Å²) in [5.41, 5.74) is 5.08. The van der Waals surface area contributed by atoms with Crippen molar-refractivity contribution in [1.29, 1.82) is 0 Å². The largest absolute Gasteiger partial charge is 0.331 e. The Kier molecular flexibility index (Phi) is 6.94. The highest BCUT2D eigenvalue weighted by atomic mass is 32.2. The predicted molar refractivity (Wildman–Crippen MR) is 127 cm³/mol. The maximum atomic E-state index is 13.2. The van der Waals surface area contributed by atoms with Gasteiger partial charge in [0.1, 0.15) is 12.4 Å². The van der Waals surface area contributed by atoms with Gasteiger partial charge in [-0.1, -0.05) is 60.7 Å². The van der Waals surface area contributed by atoms with Gasteiger partial charge in [0, 0.05) is 12.5 Å². The minimum atomic E-state index is -4.35. The Morgan fingerprint density at radius 2 is 1.43 bits per heavy atom. The lowest BCUT2D eigenvalue weighted by molar-refractivity contribution is -0.129. The normalized spacial score (nSPS) is 12.7. The molecule has 0 saturated carbocycles. The van der Waals surface area contributed by atoms with Gasteiger partial charge >= 0.3 is 6.03 Å². The fourth-order valence-electron chi connectivity index (χ4n) is 4.00. The topological polar surface area (TPSA) is 116 Å². The Balaban J connectivity index is 1.69. The highest BCUT2D eigenvalue weighted by Gasteiger charge is 2.29. The Morgan fingerprint density at radius 3 is 1.97 bits per heavy atom. The van der Waals surface area contributed by atoms with E-state index in [2.05, 4.69) is 0 Å². The molecule has 3 N–H and O–H groups in total. The van der Waals surface area contributed by atoms with Crippen LogP contribution in [0.4, 0.5) is 9.18 Å². The SMILES string of the molecule is O=C(CN(CC1c2ccccc2C=Cc2ccccc21)C(=O)NS(=O)(=O)c1ccc(F)cc1)NO. The first kappa shape index (κ1) is 24.1. The van der Waals surface area contributed by atoms with Crippen molar-refractivity contribution in [2.75, 3.05) is 13.1 Å². The molecule has 1 aliphatic carbocycles. The van der Waals surface area contributed by atoms with Crippen LogP contribution in [0, 0.1) is 5.82 Å². The molecule has 1 aliphatic rings. The number of hydrogen-bond acceptors (Lipinski definition) is 5. The van der Waals surface area contributed by atoms with Crippen LogP contribution >= 0.6 is 0 Å². The first-order valence-electron chi connectivity index (χ1n) is 10.6. The van der Waals surface area contributed by atoms with Crippen molar-refractivity contribution in [3.05, 3.63) is 101 Å². The molecule has 4 rings (SSSR count). The van der Waals surface area contributed by atoms with Crippen molar-refractivity contribution >= 4 is 34.1 Å². The molecule has 3 aromatic carbocycles. The molecule has 0 bridgehead atoms. The molecule has 0 spiro atoms. The summed E-state index contributed by atoms with van der Waals surface area (Å²) >= 11 is 0. The lowest BCUT2D eigenvalue weighted by Gasteiger charge is -2.28. The maximum Gasteiger partial charge on any atom is 0.331 e. The van der Waals surface area contributed by atoms with Gasteiger partial charge in [-0.25, -0.2) is 27.8 Å². The van der Waals surface area contributed by atoms with Crippen LogP contribution in [0.5, 0.6) is 0 Å². The molecule has 3 amide bonds. The number of hydrogen-bond donors (Lipinski definition) is 3. The molecule has 3 aromatic rings. The number of nitrogens with zero attached hydrogens (tertiary/aromatic N) is 1. The van der Waals surface area contributed by atoms with Crippen LogP contribution < -0.4 is 10.2 Å². The minimum Gasteiger partial charge on any atom is -0.314 e. The summed E-state index contributed by atoms with van der Waals surface area (Å²) in [6, 6.07) is 18.1. The van der Waals surface area contributed by atoms with Crippen LogP contribution in [0.2, 0.25) is 0 Å². The van der Waals surface area contributed by atoms with Crippen LogP contribution in [-0.4, -0.2) is 43.6 Å². The maximum absolute atomic E-state index is 13.2. The van der Waals surface area contributed by atoms with E-state index in [9.17, 15) is 22.4 Å². The molecule has 0 aromatic heterocycles. The number of benzene rings is 3. The van der Waals surface area contributed by atoms with E-state index >= 15 is 0 Å². The third kappa shape index (κ3) is 5.39. The summed E-state index contributed by atoms with van der Waals surface area (Å²) in [5.74, 6) is -1.92. The van der Waals surface area contributed by atoms with Gasteiger partial charge in [0.2, 0.25) is 0 Å². The summed E-state index contributed by atoms with van der Waals surface area (Å²) < 4.78 is 40.6. The number of amides is 3. The summed E-state index contributed by atoms with van der Waals surface area (Å²) in [5, 5.41) is 9.05. The van der Waals surface area contributed by atoms with Crippen molar-refractivity contribution < 1.29 is 27.6 Å². The van der Waals surface area contributed by atoms with Crippen LogP contribution in [0.1, 0.15) is 28.2 Å². The van der Waals surface area contributed by atoms with E-state index in [0.29, 0.717) is 0 Å². The molecule has 0 atom stereocenters. The summed E-state index contributed by atoms with van der Waals surface area (Å²) in [6.07, 6.45) is 3.91. The van der Waals surface area contributed by atoms with E-state index in [0.717, 1.165) is 51.4 Å². The number of rotatable bonds is 6. The number of halogens is 1.